The highest BCUT2D eigenvalue weighted by atomic mass is 19.1. The molecule has 0 bridgehead atoms. The van der Waals surface area contributed by atoms with E-state index >= 15 is 0 Å². The number of nitrogens with one attached hydrogen (secondary N) is 1. The summed E-state index contributed by atoms with van der Waals surface area (Å²) >= 11 is 0. The van der Waals surface area contributed by atoms with Gasteiger partial charge in [-0.25, -0.2) is 13.6 Å². The monoisotopic (exact) mass is 283 g/mol. The third-order valence-electron chi connectivity index (χ3n) is 3.48. The van der Waals surface area contributed by atoms with Gasteiger partial charge in [0.05, 0.1) is 5.92 Å². The first-order chi connectivity index (χ1) is 9.41. The van der Waals surface area contributed by atoms with Gasteiger partial charge in [0, 0.05) is 5.56 Å². The SMILES string of the molecule is CC(C(=O)NC(C(=O)O)C1CC1)c1c(F)cccc1F. The third kappa shape index (κ3) is 2.95. The summed E-state index contributed by atoms with van der Waals surface area (Å²) < 4.78 is 27.2. The van der Waals surface area contributed by atoms with Crippen molar-refractivity contribution in [1.29, 1.82) is 0 Å². The lowest BCUT2D eigenvalue weighted by atomic mass is 9.98. The number of hydrogen-bond acceptors (Lipinski definition) is 2. The molecule has 0 aromatic heterocycles. The minimum absolute atomic E-state index is 0.0888. The van der Waals surface area contributed by atoms with E-state index in [0.717, 1.165) is 25.0 Å². The zero-order chi connectivity index (χ0) is 14.9. The molecule has 1 amide bonds. The molecule has 1 fully saturated rings. The van der Waals surface area contributed by atoms with Crippen LogP contribution in [0.5, 0.6) is 0 Å². The Balaban J connectivity index is 2.14. The molecule has 2 unspecified atom stereocenters. The summed E-state index contributed by atoms with van der Waals surface area (Å²) in [6.45, 7) is 1.35. The van der Waals surface area contributed by atoms with Crippen molar-refractivity contribution >= 4 is 11.9 Å². The topological polar surface area (TPSA) is 66.4 Å². The number of carboxylic acids is 1. The fraction of sp³-hybridized carbons (Fsp3) is 0.429. The zero-order valence-electron chi connectivity index (χ0n) is 10.9. The van der Waals surface area contributed by atoms with Gasteiger partial charge >= 0.3 is 5.97 Å². The Hall–Kier alpha value is -1.98. The standard InChI is InChI=1S/C14H15F2NO3/c1-7(11-9(15)3-2-4-10(11)16)13(18)17-12(14(19)20)8-5-6-8/h2-4,7-8,12H,5-6H2,1H3,(H,17,18)(H,19,20). The Morgan fingerprint density at radius 2 is 1.85 bits per heavy atom. The minimum Gasteiger partial charge on any atom is -0.480 e. The lowest BCUT2D eigenvalue weighted by Gasteiger charge is -2.18. The van der Waals surface area contributed by atoms with E-state index in [-0.39, 0.29) is 11.5 Å². The number of rotatable bonds is 5. The Kier molecular flexibility index (Phi) is 4.01. The summed E-state index contributed by atoms with van der Waals surface area (Å²) in [5, 5.41) is 11.4. The first kappa shape index (κ1) is 14.4. The van der Waals surface area contributed by atoms with E-state index in [1.807, 2.05) is 0 Å². The molecule has 1 aromatic rings. The van der Waals surface area contributed by atoms with Crippen LogP contribution in [0.4, 0.5) is 8.78 Å². The van der Waals surface area contributed by atoms with Crippen molar-refractivity contribution in [2.24, 2.45) is 5.92 Å². The van der Waals surface area contributed by atoms with Crippen LogP contribution >= 0.6 is 0 Å². The molecular weight excluding hydrogens is 268 g/mol. The Morgan fingerprint density at radius 3 is 2.30 bits per heavy atom. The van der Waals surface area contributed by atoms with Gasteiger partial charge in [0.15, 0.2) is 0 Å². The quantitative estimate of drug-likeness (QED) is 0.869. The van der Waals surface area contributed by atoms with Crippen LogP contribution in [0.1, 0.15) is 31.2 Å². The normalized spacial score (nSPS) is 17.4. The summed E-state index contributed by atoms with van der Waals surface area (Å²) in [7, 11) is 0. The second kappa shape index (κ2) is 5.56. The molecule has 20 heavy (non-hydrogen) atoms. The second-order valence-electron chi connectivity index (χ2n) is 5.02. The van der Waals surface area contributed by atoms with E-state index in [9.17, 15) is 18.4 Å². The fourth-order valence-corrected chi connectivity index (χ4v) is 2.14. The number of carboxylic acid groups (broad SMARTS) is 1. The largest absolute Gasteiger partial charge is 0.480 e. The maximum absolute atomic E-state index is 13.6. The Bertz CT molecular complexity index is 523. The molecular formula is C14H15F2NO3. The Labute approximate surface area is 114 Å². The molecule has 0 spiro atoms. The van der Waals surface area contributed by atoms with Crippen LogP contribution in [0.25, 0.3) is 0 Å². The van der Waals surface area contributed by atoms with E-state index in [0.29, 0.717) is 0 Å². The fourth-order valence-electron chi connectivity index (χ4n) is 2.14. The second-order valence-corrected chi connectivity index (χ2v) is 5.02. The van der Waals surface area contributed by atoms with Gasteiger partial charge in [0.25, 0.3) is 0 Å². The van der Waals surface area contributed by atoms with E-state index in [4.69, 9.17) is 5.11 Å². The minimum atomic E-state index is -1.12. The van der Waals surface area contributed by atoms with Gasteiger partial charge in [-0.2, -0.15) is 0 Å². The van der Waals surface area contributed by atoms with Crippen molar-refractivity contribution in [1.82, 2.24) is 5.32 Å². The number of carbonyl (C=O) groups is 2. The van der Waals surface area contributed by atoms with Crippen molar-refractivity contribution in [3.63, 3.8) is 0 Å². The molecule has 2 rings (SSSR count). The lowest BCUT2D eigenvalue weighted by Crippen LogP contribution is -2.44. The van der Waals surface area contributed by atoms with E-state index < -0.39 is 35.5 Å². The first-order valence-corrected chi connectivity index (χ1v) is 6.39. The molecule has 1 aliphatic carbocycles. The number of amides is 1. The summed E-state index contributed by atoms with van der Waals surface area (Å²) in [4.78, 5) is 23.0. The van der Waals surface area contributed by atoms with E-state index in [1.165, 1.54) is 13.0 Å². The van der Waals surface area contributed by atoms with Crippen LogP contribution in [0.15, 0.2) is 18.2 Å². The number of benzene rings is 1. The van der Waals surface area contributed by atoms with Gasteiger partial charge in [0.2, 0.25) is 5.91 Å². The zero-order valence-corrected chi connectivity index (χ0v) is 10.9. The van der Waals surface area contributed by atoms with Gasteiger partial charge in [-0.15, -0.1) is 0 Å². The van der Waals surface area contributed by atoms with Crippen LogP contribution in [0.3, 0.4) is 0 Å². The van der Waals surface area contributed by atoms with E-state index in [2.05, 4.69) is 5.32 Å². The molecule has 1 aromatic carbocycles. The van der Waals surface area contributed by atoms with E-state index in [1.54, 1.807) is 0 Å². The maximum atomic E-state index is 13.6. The highest BCUT2D eigenvalue weighted by Crippen LogP contribution is 2.33. The molecule has 0 heterocycles. The smallest absolute Gasteiger partial charge is 0.326 e. The number of aliphatic carboxylic acids is 1. The molecule has 0 aliphatic heterocycles. The van der Waals surface area contributed by atoms with Gasteiger partial charge in [-0.05, 0) is 37.8 Å². The molecule has 108 valence electrons. The van der Waals surface area contributed by atoms with Gasteiger partial charge in [-0.3, -0.25) is 4.79 Å². The average Bonchev–Trinajstić information content (AvgIpc) is 3.19. The summed E-state index contributed by atoms with van der Waals surface area (Å²) in [5.41, 5.74) is -0.343. The summed E-state index contributed by atoms with van der Waals surface area (Å²) in [6.07, 6.45) is 1.47. The molecule has 0 saturated heterocycles. The van der Waals surface area contributed by atoms with Gasteiger partial charge in [0.1, 0.15) is 17.7 Å². The van der Waals surface area contributed by atoms with Crippen LogP contribution < -0.4 is 5.32 Å². The maximum Gasteiger partial charge on any atom is 0.326 e. The number of hydrogen-bond donors (Lipinski definition) is 2. The summed E-state index contributed by atoms with van der Waals surface area (Å²) in [5.74, 6) is -4.61. The number of carbonyl (C=O) groups excluding carboxylic acids is 1. The summed E-state index contributed by atoms with van der Waals surface area (Å²) in [6, 6.07) is 2.36. The highest BCUT2D eigenvalue weighted by Gasteiger charge is 2.38. The number of halogens is 2. The van der Waals surface area contributed by atoms with Crippen molar-refractivity contribution in [2.45, 2.75) is 31.7 Å². The predicted octanol–water partition coefficient (Wildman–Crippen LogP) is 2.05. The lowest BCUT2D eigenvalue weighted by molar-refractivity contribution is -0.142. The van der Waals surface area contributed by atoms with Crippen LogP contribution in [0, 0.1) is 17.6 Å². The average molecular weight is 283 g/mol. The molecule has 0 radical (unpaired) electrons. The first-order valence-electron chi connectivity index (χ1n) is 6.39. The van der Waals surface area contributed by atoms with Crippen LogP contribution in [0.2, 0.25) is 0 Å². The molecule has 6 heteroatoms. The molecule has 4 nitrogen and oxygen atoms in total. The Morgan fingerprint density at radius 1 is 1.30 bits per heavy atom. The van der Waals surface area contributed by atoms with Crippen molar-refractivity contribution in [3.05, 3.63) is 35.4 Å². The molecule has 2 atom stereocenters. The van der Waals surface area contributed by atoms with Crippen molar-refractivity contribution in [3.8, 4) is 0 Å². The third-order valence-corrected chi connectivity index (χ3v) is 3.48. The van der Waals surface area contributed by atoms with Crippen LogP contribution in [-0.2, 0) is 9.59 Å². The molecule has 2 N–H and O–H groups in total. The van der Waals surface area contributed by atoms with Gasteiger partial charge < -0.3 is 10.4 Å². The predicted molar refractivity (Wildman–Crippen MR) is 67.1 cm³/mol. The van der Waals surface area contributed by atoms with Crippen LogP contribution in [-0.4, -0.2) is 23.0 Å². The highest BCUT2D eigenvalue weighted by molar-refractivity contribution is 5.88. The van der Waals surface area contributed by atoms with Gasteiger partial charge in [-0.1, -0.05) is 6.07 Å². The van der Waals surface area contributed by atoms with Crippen molar-refractivity contribution < 1.29 is 23.5 Å². The molecule has 1 aliphatic rings. The van der Waals surface area contributed by atoms with Crippen molar-refractivity contribution in [2.75, 3.05) is 0 Å². The molecule has 1 saturated carbocycles.